The van der Waals surface area contributed by atoms with Gasteiger partial charge in [0.25, 0.3) is 5.91 Å². The molecule has 0 bridgehead atoms. The number of carbonyl (C=O) groups is 1. The van der Waals surface area contributed by atoms with Gasteiger partial charge in [-0.1, -0.05) is 24.3 Å². The van der Waals surface area contributed by atoms with Crippen molar-refractivity contribution in [3.8, 4) is 0 Å². The van der Waals surface area contributed by atoms with E-state index in [1.54, 1.807) is 6.07 Å². The van der Waals surface area contributed by atoms with E-state index >= 15 is 0 Å². The first-order valence-corrected chi connectivity index (χ1v) is 8.53. The lowest BCUT2D eigenvalue weighted by molar-refractivity contribution is 0.0393. The summed E-state index contributed by atoms with van der Waals surface area (Å²) in [5.74, 6) is 0.473. The summed E-state index contributed by atoms with van der Waals surface area (Å²) in [6, 6.07) is 10.2. The molecule has 1 aromatic carbocycles. The second-order valence-corrected chi connectivity index (χ2v) is 6.07. The van der Waals surface area contributed by atoms with Gasteiger partial charge in [-0.2, -0.15) is 0 Å². The molecule has 2 aromatic rings. The van der Waals surface area contributed by atoms with Gasteiger partial charge in [-0.15, -0.1) is 12.4 Å². The van der Waals surface area contributed by atoms with E-state index in [9.17, 15) is 4.79 Å². The number of hydrogen-bond donors (Lipinski definition) is 2. The van der Waals surface area contributed by atoms with Crippen molar-refractivity contribution < 1.29 is 13.9 Å². The molecule has 1 aliphatic rings. The molecule has 0 saturated heterocycles. The molecular weight excluding hydrogens is 340 g/mol. The number of carbonyl (C=O) groups excluding carboxylic acids is 1. The zero-order chi connectivity index (χ0) is 16.8. The van der Waals surface area contributed by atoms with Gasteiger partial charge in [0.05, 0.1) is 18.2 Å². The number of aryl methyl sites for hydroxylation is 1. The van der Waals surface area contributed by atoms with E-state index in [4.69, 9.17) is 14.9 Å². The number of benzene rings is 1. The molecule has 0 saturated carbocycles. The zero-order valence-electron chi connectivity index (χ0n) is 14.2. The molecule has 1 unspecified atom stereocenters. The number of amides is 1. The van der Waals surface area contributed by atoms with Crippen LogP contribution in [0, 0.1) is 0 Å². The Kier molecular flexibility index (Phi) is 7.50. The Morgan fingerprint density at radius 2 is 2.20 bits per heavy atom. The number of ether oxygens (including phenoxy) is 1. The third-order valence-corrected chi connectivity index (χ3v) is 4.36. The number of hydrogen-bond acceptors (Lipinski definition) is 4. The van der Waals surface area contributed by atoms with Crippen molar-refractivity contribution in [2.75, 3.05) is 13.2 Å². The summed E-state index contributed by atoms with van der Waals surface area (Å²) >= 11 is 0. The number of rotatable bonds is 7. The average Bonchev–Trinajstić information content (AvgIpc) is 3.11. The van der Waals surface area contributed by atoms with Gasteiger partial charge in [0.2, 0.25) is 0 Å². The Hall–Kier alpha value is -1.82. The number of nitrogens with one attached hydrogen (secondary N) is 1. The molecule has 3 rings (SSSR count). The van der Waals surface area contributed by atoms with E-state index in [2.05, 4.69) is 29.6 Å². The van der Waals surface area contributed by atoms with Gasteiger partial charge in [-0.3, -0.25) is 4.79 Å². The minimum Gasteiger partial charge on any atom is -0.467 e. The van der Waals surface area contributed by atoms with Crippen molar-refractivity contribution in [3.05, 3.63) is 59.0 Å². The quantitative estimate of drug-likeness (QED) is 0.738. The summed E-state index contributed by atoms with van der Waals surface area (Å²) in [5.41, 5.74) is 8.70. The standard InChI is InChI=1S/C19H24N2O3.ClH/c20-12-16-11-15(13-24-16)19(22)21-9-4-10-23-18-8-3-6-14-5-1-2-7-17(14)18;/h1-2,5,7,11,13,18H,3-4,6,8-10,12,20H2,(H,21,22);1H. The molecule has 5 nitrogen and oxygen atoms in total. The van der Waals surface area contributed by atoms with Crippen LogP contribution in [0.3, 0.4) is 0 Å². The Morgan fingerprint density at radius 3 is 3.00 bits per heavy atom. The zero-order valence-corrected chi connectivity index (χ0v) is 15.0. The molecule has 0 fully saturated rings. The maximum atomic E-state index is 11.9. The molecular formula is C19H25ClN2O3. The maximum absolute atomic E-state index is 11.9. The van der Waals surface area contributed by atoms with Gasteiger partial charge in [0.15, 0.2) is 0 Å². The molecule has 0 radical (unpaired) electrons. The van der Waals surface area contributed by atoms with E-state index < -0.39 is 0 Å². The summed E-state index contributed by atoms with van der Waals surface area (Å²) < 4.78 is 11.2. The Labute approximate surface area is 154 Å². The molecule has 136 valence electrons. The Balaban J connectivity index is 0.00000225. The predicted molar refractivity (Wildman–Crippen MR) is 98.9 cm³/mol. The predicted octanol–water partition coefficient (Wildman–Crippen LogP) is 3.37. The topological polar surface area (TPSA) is 77.5 Å². The molecule has 1 heterocycles. The minimum atomic E-state index is -0.138. The molecule has 0 aliphatic heterocycles. The lowest BCUT2D eigenvalue weighted by Gasteiger charge is -2.25. The fraction of sp³-hybridized carbons (Fsp3) is 0.421. The van der Waals surface area contributed by atoms with Crippen molar-refractivity contribution in [1.29, 1.82) is 0 Å². The van der Waals surface area contributed by atoms with Gasteiger partial charge in [-0.05, 0) is 42.9 Å². The highest BCUT2D eigenvalue weighted by atomic mass is 35.5. The van der Waals surface area contributed by atoms with Crippen molar-refractivity contribution >= 4 is 18.3 Å². The normalized spacial score (nSPS) is 16.0. The second-order valence-electron chi connectivity index (χ2n) is 6.07. The van der Waals surface area contributed by atoms with Crippen LogP contribution in [0.2, 0.25) is 0 Å². The van der Waals surface area contributed by atoms with Crippen LogP contribution < -0.4 is 11.1 Å². The molecule has 1 aromatic heterocycles. The number of halogens is 1. The molecule has 1 amide bonds. The highest BCUT2D eigenvalue weighted by Crippen LogP contribution is 2.32. The monoisotopic (exact) mass is 364 g/mol. The smallest absolute Gasteiger partial charge is 0.254 e. The summed E-state index contributed by atoms with van der Waals surface area (Å²) in [4.78, 5) is 11.9. The molecule has 6 heteroatoms. The first-order chi connectivity index (χ1) is 11.8. The van der Waals surface area contributed by atoms with Gasteiger partial charge < -0.3 is 20.2 Å². The van der Waals surface area contributed by atoms with Crippen LogP contribution in [-0.4, -0.2) is 19.1 Å². The van der Waals surface area contributed by atoms with Gasteiger partial charge >= 0.3 is 0 Å². The van der Waals surface area contributed by atoms with Crippen LogP contribution >= 0.6 is 12.4 Å². The van der Waals surface area contributed by atoms with E-state index in [1.165, 1.54) is 23.8 Å². The van der Waals surface area contributed by atoms with Crippen molar-refractivity contribution in [2.45, 2.75) is 38.3 Å². The van der Waals surface area contributed by atoms with Crippen LogP contribution in [0.25, 0.3) is 0 Å². The van der Waals surface area contributed by atoms with Gasteiger partial charge in [-0.25, -0.2) is 0 Å². The largest absolute Gasteiger partial charge is 0.467 e. The van der Waals surface area contributed by atoms with E-state index in [-0.39, 0.29) is 24.4 Å². The van der Waals surface area contributed by atoms with Crippen LogP contribution in [0.4, 0.5) is 0 Å². The van der Waals surface area contributed by atoms with Crippen LogP contribution in [0.5, 0.6) is 0 Å². The third-order valence-electron chi connectivity index (χ3n) is 4.36. The number of furan rings is 1. The van der Waals surface area contributed by atoms with Crippen molar-refractivity contribution in [2.24, 2.45) is 5.73 Å². The Bertz CT molecular complexity index is 687. The fourth-order valence-electron chi connectivity index (χ4n) is 3.09. The SMILES string of the molecule is Cl.NCc1cc(C(=O)NCCCOC2CCCc3ccccc32)co1. The van der Waals surface area contributed by atoms with Crippen molar-refractivity contribution in [3.63, 3.8) is 0 Å². The maximum Gasteiger partial charge on any atom is 0.254 e. The fourth-order valence-corrected chi connectivity index (χ4v) is 3.09. The van der Waals surface area contributed by atoms with Crippen LogP contribution in [0.15, 0.2) is 41.0 Å². The lowest BCUT2D eigenvalue weighted by Crippen LogP contribution is -2.25. The molecule has 25 heavy (non-hydrogen) atoms. The first-order valence-electron chi connectivity index (χ1n) is 8.53. The number of fused-ring (bicyclic) bond motifs is 1. The highest BCUT2D eigenvalue weighted by Gasteiger charge is 2.19. The van der Waals surface area contributed by atoms with E-state index in [1.807, 2.05) is 0 Å². The van der Waals surface area contributed by atoms with Gasteiger partial charge in [0, 0.05) is 13.2 Å². The first kappa shape index (κ1) is 19.5. The third kappa shape index (κ3) is 5.08. The number of nitrogens with two attached hydrogens (primary N) is 1. The summed E-state index contributed by atoms with van der Waals surface area (Å²) in [5, 5.41) is 2.87. The van der Waals surface area contributed by atoms with E-state index in [0.29, 0.717) is 31.0 Å². The highest BCUT2D eigenvalue weighted by molar-refractivity contribution is 5.93. The summed E-state index contributed by atoms with van der Waals surface area (Å²) in [7, 11) is 0. The summed E-state index contributed by atoms with van der Waals surface area (Å²) in [6.45, 7) is 1.51. The van der Waals surface area contributed by atoms with Crippen LogP contribution in [-0.2, 0) is 17.7 Å². The second kappa shape index (κ2) is 9.61. The van der Waals surface area contributed by atoms with Crippen molar-refractivity contribution in [1.82, 2.24) is 5.32 Å². The van der Waals surface area contributed by atoms with E-state index in [0.717, 1.165) is 19.3 Å². The average molecular weight is 365 g/mol. The van der Waals surface area contributed by atoms with Gasteiger partial charge in [0.1, 0.15) is 12.0 Å². The minimum absolute atomic E-state index is 0. The molecule has 1 aliphatic carbocycles. The summed E-state index contributed by atoms with van der Waals surface area (Å²) in [6.07, 6.45) is 5.79. The molecule has 3 N–H and O–H groups in total. The molecule has 1 atom stereocenters. The molecule has 0 spiro atoms. The Morgan fingerprint density at radius 1 is 1.36 bits per heavy atom. The van der Waals surface area contributed by atoms with Crippen LogP contribution in [0.1, 0.15) is 52.6 Å². The lowest BCUT2D eigenvalue weighted by atomic mass is 9.89.